The van der Waals surface area contributed by atoms with E-state index in [2.05, 4.69) is 19.9 Å². The summed E-state index contributed by atoms with van der Waals surface area (Å²) in [5, 5.41) is 9.33. The molecule has 0 spiro atoms. The van der Waals surface area contributed by atoms with Gasteiger partial charge in [0.25, 0.3) is 0 Å². The molecule has 1 unspecified atom stereocenters. The molecule has 1 amide bonds. The highest BCUT2D eigenvalue weighted by molar-refractivity contribution is 5.86. The summed E-state index contributed by atoms with van der Waals surface area (Å²) in [5.74, 6) is -0.540. The van der Waals surface area contributed by atoms with Crippen molar-refractivity contribution in [1.82, 2.24) is 4.90 Å². The van der Waals surface area contributed by atoms with Gasteiger partial charge in [-0.05, 0) is 11.5 Å². The van der Waals surface area contributed by atoms with Crippen LogP contribution in [0.5, 0.6) is 0 Å². The Hall–Kier alpha value is -1.86. The van der Waals surface area contributed by atoms with Gasteiger partial charge in [-0.1, -0.05) is 44.2 Å². The van der Waals surface area contributed by atoms with E-state index in [9.17, 15) is 10.1 Å². The first-order valence-corrected chi connectivity index (χ1v) is 6.82. The molecule has 1 rings (SSSR count). The molecule has 108 valence electrons. The monoisotopic (exact) mass is 274 g/mol. The highest BCUT2D eigenvalue weighted by Crippen LogP contribution is 2.18. The second-order valence-corrected chi connectivity index (χ2v) is 5.14. The van der Waals surface area contributed by atoms with E-state index in [0.29, 0.717) is 25.6 Å². The summed E-state index contributed by atoms with van der Waals surface area (Å²) in [4.78, 5) is 14.3. The van der Waals surface area contributed by atoms with Crippen LogP contribution < -0.4 is 0 Å². The molecule has 0 aliphatic carbocycles. The van der Waals surface area contributed by atoms with Crippen molar-refractivity contribution in [2.45, 2.75) is 19.8 Å². The van der Waals surface area contributed by atoms with E-state index >= 15 is 0 Å². The van der Waals surface area contributed by atoms with E-state index in [1.165, 1.54) is 0 Å². The number of methoxy groups -OCH3 is 1. The molecule has 0 saturated carbocycles. The zero-order chi connectivity index (χ0) is 15.0. The molecule has 0 bridgehead atoms. The van der Waals surface area contributed by atoms with E-state index in [0.717, 1.165) is 5.56 Å². The summed E-state index contributed by atoms with van der Waals surface area (Å²) < 4.78 is 5.05. The molecule has 1 atom stereocenters. The van der Waals surface area contributed by atoms with Gasteiger partial charge in [0.05, 0.1) is 12.7 Å². The highest BCUT2D eigenvalue weighted by Gasteiger charge is 2.25. The third-order valence-corrected chi connectivity index (χ3v) is 2.97. The largest absolute Gasteiger partial charge is 0.383 e. The van der Waals surface area contributed by atoms with Gasteiger partial charge in [0.2, 0.25) is 5.91 Å². The molecule has 4 heteroatoms. The number of nitriles is 1. The van der Waals surface area contributed by atoms with Crippen LogP contribution in [0.15, 0.2) is 30.3 Å². The Morgan fingerprint density at radius 2 is 2.00 bits per heavy atom. The number of hydrogen-bond acceptors (Lipinski definition) is 3. The predicted octanol–water partition coefficient (Wildman–Crippen LogP) is 2.42. The number of benzene rings is 1. The molecule has 1 aromatic carbocycles. The van der Waals surface area contributed by atoms with Crippen LogP contribution in [0.1, 0.15) is 25.3 Å². The van der Waals surface area contributed by atoms with Gasteiger partial charge in [-0.3, -0.25) is 4.79 Å². The van der Waals surface area contributed by atoms with Gasteiger partial charge in [0.15, 0.2) is 0 Å². The van der Waals surface area contributed by atoms with Gasteiger partial charge in [-0.2, -0.15) is 5.26 Å². The minimum absolute atomic E-state index is 0.149. The van der Waals surface area contributed by atoms with Crippen LogP contribution in [0.2, 0.25) is 0 Å². The zero-order valence-corrected chi connectivity index (χ0v) is 12.4. The molecule has 0 aliphatic heterocycles. The maximum absolute atomic E-state index is 12.6. The van der Waals surface area contributed by atoms with Crippen LogP contribution in [0.25, 0.3) is 0 Å². The molecule has 0 radical (unpaired) electrons. The number of carbonyl (C=O) groups excluding carboxylic acids is 1. The Morgan fingerprint density at radius 3 is 2.50 bits per heavy atom. The lowest BCUT2D eigenvalue weighted by atomic mass is 9.98. The van der Waals surface area contributed by atoms with Crippen molar-refractivity contribution in [3.05, 3.63) is 35.9 Å². The Labute approximate surface area is 121 Å². The molecule has 20 heavy (non-hydrogen) atoms. The summed E-state index contributed by atoms with van der Waals surface area (Å²) in [6.07, 6.45) is 0. The van der Waals surface area contributed by atoms with Gasteiger partial charge in [0, 0.05) is 20.2 Å². The van der Waals surface area contributed by atoms with Crippen molar-refractivity contribution < 1.29 is 9.53 Å². The minimum atomic E-state index is -0.744. The first kappa shape index (κ1) is 16.2. The molecule has 4 nitrogen and oxygen atoms in total. The first-order valence-electron chi connectivity index (χ1n) is 6.82. The van der Waals surface area contributed by atoms with Crippen molar-refractivity contribution in [3.63, 3.8) is 0 Å². The van der Waals surface area contributed by atoms with E-state index < -0.39 is 5.92 Å². The second-order valence-electron chi connectivity index (χ2n) is 5.14. The lowest BCUT2D eigenvalue weighted by molar-refractivity contribution is -0.132. The fraction of sp³-hybridized carbons (Fsp3) is 0.500. The standard InChI is InChI=1S/C16H22N2O2/c1-13(2)12-18(9-10-20-3)16(19)15(11-17)14-7-5-4-6-8-14/h4-8,13,15H,9-10,12H2,1-3H3. The first-order chi connectivity index (χ1) is 9.60. The van der Waals surface area contributed by atoms with Crippen molar-refractivity contribution in [2.75, 3.05) is 26.8 Å². The molecule has 0 aliphatic rings. The third kappa shape index (κ3) is 4.67. The molecule has 0 N–H and O–H groups in total. The van der Waals surface area contributed by atoms with Crippen LogP contribution in [0.3, 0.4) is 0 Å². The minimum Gasteiger partial charge on any atom is -0.383 e. The van der Waals surface area contributed by atoms with Gasteiger partial charge >= 0.3 is 0 Å². The summed E-state index contributed by atoms with van der Waals surface area (Å²) in [5.41, 5.74) is 0.742. The number of hydrogen-bond donors (Lipinski definition) is 0. The van der Waals surface area contributed by atoms with Crippen LogP contribution in [0.4, 0.5) is 0 Å². The van der Waals surface area contributed by atoms with Gasteiger partial charge in [-0.25, -0.2) is 0 Å². The van der Waals surface area contributed by atoms with Gasteiger partial charge < -0.3 is 9.64 Å². The molecule has 0 saturated heterocycles. The maximum Gasteiger partial charge on any atom is 0.244 e. The number of amides is 1. The highest BCUT2D eigenvalue weighted by atomic mass is 16.5. The van der Waals surface area contributed by atoms with Crippen molar-refractivity contribution >= 4 is 5.91 Å². The van der Waals surface area contributed by atoms with Crippen molar-refractivity contribution in [1.29, 1.82) is 5.26 Å². The fourth-order valence-corrected chi connectivity index (χ4v) is 2.03. The van der Waals surface area contributed by atoms with Crippen LogP contribution in [-0.4, -0.2) is 37.6 Å². The maximum atomic E-state index is 12.6. The van der Waals surface area contributed by atoms with Crippen LogP contribution >= 0.6 is 0 Å². The van der Waals surface area contributed by atoms with E-state index in [1.54, 1.807) is 12.0 Å². The summed E-state index contributed by atoms with van der Waals surface area (Å²) >= 11 is 0. The number of nitrogens with zero attached hydrogens (tertiary/aromatic N) is 2. The Bertz CT molecular complexity index is 451. The smallest absolute Gasteiger partial charge is 0.244 e. The van der Waals surface area contributed by atoms with Crippen molar-refractivity contribution in [3.8, 4) is 6.07 Å². The van der Waals surface area contributed by atoms with Gasteiger partial charge in [-0.15, -0.1) is 0 Å². The van der Waals surface area contributed by atoms with E-state index in [-0.39, 0.29) is 5.91 Å². The Balaban J connectivity index is 2.88. The average molecular weight is 274 g/mol. The molecule has 0 aromatic heterocycles. The van der Waals surface area contributed by atoms with E-state index in [4.69, 9.17) is 4.74 Å². The molecular formula is C16H22N2O2. The SMILES string of the molecule is COCCN(CC(C)C)C(=O)C(C#N)c1ccccc1. The molecular weight excluding hydrogens is 252 g/mol. The number of ether oxygens (including phenoxy) is 1. The molecule has 0 fully saturated rings. The lowest BCUT2D eigenvalue weighted by Crippen LogP contribution is -2.39. The predicted molar refractivity (Wildman–Crippen MR) is 78.1 cm³/mol. The summed E-state index contributed by atoms with van der Waals surface area (Å²) in [6.45, 7) is 5.73. The number of carbonyl (C=O) groups is 1. The number of rotatable bonds is 7. The molecule has 1 aromatic rings. The average Bonchev–Trinajstić information content (AvgIpc) is 2.45. The Kier molecular flexibility index (Phi) is 6.75. The van der Waals surface area contributed by atoms with Crippen LogP contribution in [-0.2, 0) is 9.53 Å². The Morgan fingerprint density at radius 1 is 1.35 bits per heavy atom. The quantitative estimate of drug-likeness (QED) is 0.767. The fourth-order valence-electron chi connectivity index (χ4n) is 2.03. The van der Waals surface area contributed by atoms with Gasteiger partial charge in [0.1, 0.15) is 5.92 Å². The second kappa shape index (κ2) is 8.34. The zero-order valence-electron chi connectivity index (χ0n) is 12.4. The summed E-state index contributed by atoms with van der Waals surface area (Å²) in [7, 11) is 1.61. The normalized spacial score (nSPS) is 11.9. The topological polar surface area (TPSA) is 53.3 Å². The third-order valence-electron chi connectivity index (χ3n) is 2.97. The van der Waals surface area contributed by atoms with Crippen molar-refractivity contribution in [2.24, 2.45) is 5.92 Å². The molecule has 0 heterocycles. The summed E-state index contributed by atoms with van der Waals surface area (Å²) in [6, 6.07) is 11.3. The van der Waals surface area contributed by atoms with E-state index in [1.807, 2.05) is 30.3 Å². The van der Waals surface area contributed by atoms with Crippen LogP contribution in [0, 0.1) is 17.2 Å². The lowest BCUT2D eigenvalue weighted by Gasteiger charge is -2.26.